The number of hydrogen-bond acceptors (Lipinski definition) is 9. The Morgan fingerprint density at radius 1 is 1.12 bits per heavy atom. The molecule has 0 spiro atoms. The summed E-state index contributed by atoms with van der Waals surface area (Å²) in [5.41, 5.74) is -2.24. The summed E-state index contributed by atoms with van der Waals surface area (Å²) in [6, 6.07) is -1.22. The molecule has 2 N–H and O–H groups in total. The van der Waals surface area contributed by atoms with Gasteiger partial charge in [0.25, 0.3) is 5.91 Å². The number of halogens is 3. The van der Waals surface area contributed by atoms with Gasteiger partial charge in [-0.2, -0.15) is 13.9 Å². The quantitative estimate of drug-likeness (QED) is 0.523. The maximum absolute atomic E-state index is 16.0. The molecule has 0 radical (unpaired) electrons. The number of hydrogen-bond donors (Lipinski definition) is 2. The van der Waals surface area contributed by atoms with E-state index in [2.05, 4.69) is 20.7 Å². The van der Waals surface area contributed by atoms with Gasteiger partial charge in [0.2, 0.25) is 0 Å². The van der Waals surface area contributed by atoms with Gasteiger partial charge in [-0.15, -0.1) is 0 Å². The lowest BCUT2D eigenvalue weighted by Gasteiger charge is -2.33. The molecule has 12 nitrogen and oxygen atoms in total. The number of nitrogens with one attached hydrogen (secondary N) is 2. The van der Waals surface area contributed by atoms with Crippen LogP contribution < -0.4 is 10.6 Å². The Morgan fingerprint density at radius 3 is 2.41 bits per heavy atom. The summed E-state index contributed by atoms with van der Waals surface area (Å²) in [4.78, 5) is 43.6. The fourth-order valence-corrected chi connectivity index (χ4v) is 4.38. The third-order valence-electron chi connectivity index (χ3n) is 6.08. The molecule has 2 unspecified atom stereocenters. The van der Waals surface area contributed by atoms with Gasteiger partial charge in [-0.05, 0) is 48.0 Å². The Balaban J connectivity index is 1.71. The molecule has 4 rings (SSSR count). The summed E-state index contributed by atoms with van der Waals surface area (Å²) < 4.78 is 59.0. The molecule has 0 saturated carbocycles. The van der Waals surface area contributed by atoms with Crippen molar-refractivity contribution in [2.24, 2.45) is 0 Å². The van der Waals surface area contributed by atoms with Gasteiger partial charge in [0.1, 0.15) is 11.2 Å². The topological polar surface area (TPSA) is 137 Å². The molecular formula is C26H33F3N6O6. The third kappa shape index (κ3) is 6.89. The minimum Gasteiger partial charge on any atom is -0.444 e. The van der Waals surface area contributed by atoms with Crippen LogP contribution in [0, 0.1) is 5.82 Å². The van der Waals surface area contributed by atoms with Crippen molar-refractivity contribution >= 4 is 23.9 Å². The van der Waals surface area contributed by atoms with Gasteiger partial charge >= 0.3 is 18.7 Å². The molecule has 2 atom stereocenters. The molecule has 0 bridgehead atoms. The van der Waals surface area contributed by atoms with Gasteiger partial charge in [-0.3, -0.25) is 4.79 Å². The van der Waals surface area contributed by atoms with E-state index in [1.807, 2.05) is 0 Å². The first-order valence-electron chi connectivity index (χ1n) is 13.0. The van der Waals surface area contributed by atoms with Crippen LogP contribution in [0.4, 0.5) is 28.6 Å². The SMILES string of the molecule is CC(C)(C)OC(=O)NC1COCCC1Nc1nc(-c2cnn(C(F)F)c2)c2c(c1F)CN(C(=O)OC(C)(C)C)C2=O. The third-order valence-corrected chi connectivity index (χ3v) is 6.08. The fraction of sp³-hybridized carbons (Fsp3) is 0.577. The second-order valence-electron chi connectivity index (χ2n) is 11.7. The van der Waals surface area contributed by atoms with Crippen molar-refractivity contribution in [2.75, 3.05) is 18.5 Å². The van der Waals surface area contributed by atoms with Crippen molar-refractivity contribution in [3.63, 3.8) is 0 Å². The Kier molecular flexibility index (Phi) is 8.21. The number of fused-ring (bicyclic) bond motifs is 1. The number of nitrogens with zero attached hydrogens (tertiary/aromatic N) is 4. The van der Waals surface area contributed by atoms with Gasteiger partial charge in [-0.1, -0.05) is 0 Å². The van der Waals surface area contributed by atoms with Crippen LogP contribution >= 0.6 is 0 Å². The van der Waals surface area contributed by atoms with E-state index in [0.29, 0.717) is 17.7 Å². The largest absolute Gasteiger partial charge is 0.444 e. The number of rotatable bonds is 5. The van der Waals surface area contributed by atoms with Crippen LogP contribution in [0.1, 0.15) is 70.4 Å². The first kappa shape index (κ1) is 30.1. The van der Waals surface area contributed by atoms with E-state index in [1.165, 1.54) is 0 Å². The van der Waals surface area contributed by atoms with E-state index >= 15 is 4.39 Å². The number of pyridine rings is 1. The number of ether oxygens (including phenoxy) is 3. The fourth-order valence-electron chi connectivity index (χ4n) is 4.38. The monoisotopic (exact) mass is 582 g/mol. The zero-order chi connectivity index (χ0) is 30.3. The van der Waals surface area contributed by atoms with Gasteiger partial charge in [0, 0.05) is 23.9 Å². The minimum absolute atomic E-state index is 0.0133. The van der Waals surface area contributed by atoms with E-state index in [-0.39, 0.29) is 34.8 Å². The van der Waals surface area contributed by atoms with Crippen molar-refractivity contribution in [1.82, 2.24) is 25.0 Å². The van der Waals surface area contributed by atoms with Crippen LogP contribution in [0.3, 0.4) is 0 Å². The number of alkyl halides is 2. The smallest absolute Gasteiger partial charge is 0.417 e. The van der Waals surface area contributed by atoms with Crippen molar-refractivity contribution in [3.05, 3.63) is 29.3 Å². The second kappa shape index (κ2) is 11.2. The molecule has 1 fully saturated rings. The first-order chi connectivity index (χ1) is 19.0. The molecule has 2 aliphatic rings. The van der Waals surface area contributed by atoms with Crippen molar-refractivity contribution in [3.8, 4) is 11.3 Å². The van der Waals surface area contributed by atoms with Crippen molar-refractivity contribution < 1.29 is 41.8 Å². The average molecular weight is 583 g/mol. The lowest BCUT2D eigenvalue weighted by Crippen LogP contribution is -2.53. The molecule has 0 aromatic carbocycles. The molecule has 0 aliphatic carbocycles. The zero-order valence-corrected chi connectivity index (χ0v) is 23.6. The normalized spacial score (nSPS) is 19.3. The molecule has 3 amide bonds. The molecule has 1 saturated heterocycles. The highest BCUT2D eigenvalue weighted by Gasteiger charge is 2.41. The summed E-state index contributed by atoms with van der Waals surface area (Å²) in [6.45, 7) is 6.95. The van der Waals surface area contributed by atoms with Crippen molar-refractivity contribution in [2.45, 2.75) is 84.3 Å². The van der Waals surface area contributed by atoms with Crippen LogP contribution in [-0.2, 0) is 20.8 Å². The Hall–Kier alpha value is -3.88. The lowest BCUT2D eigenvalue weighted by atomic mass is 10.0. The predicted octanol–water partition coefficient (Wildman–Crippen LogP) is 4.46. The highest BCUT2D eigenvalue weighted by Crippen LogP contribution is 2.37. The van der Waals surface area contributed by atoms with Crippen LogP contribution in [0.15, 0.2) is 12.4 Å². The number of anilines is 1. The highest BCUT2D eigenvalue weighted by atomic mass is 19.3. The van der Waals surface area contributed by atoms with Gasteiger partial charge in [0.05, 0.1) is 42.7 Å². The second-order valence-corrected chi connectivity index (χ2v) is 11.7. The standard InChI is InChI=1S/C26H33F3N6O6/c1-25(2,3)40-23(37)32-16-12-39-8-7-15(16)31-20-18(27)14-11-34(24(38)41-26(4,5)6)21(36)17(14)19(33-20)13-9-30-35(10-13)22(28)29/h9-10,15-16,22H,7-8,11-12H2,1-6H3,(H,31,33)(H,32,37). The Labute approximate surface area is 234 Å². The predicted molar refractivity (Wildman–Crippen MR) is 139 cm³/mol. The number of amides is 3. The maximum Gasteiger partial charge on any atom is 0.417 e. The highest BCUT2D eigenvalue weighted by molar-refractivity contribution is 6.10. The van der Waals surface area contributed by atoms with E-state index in [4.69, 9.17) is 14.2 Å². The van der Waals surface area contributed by atoms with Crippen LogP contribution in [0.2, 0.25) is 0 Å². The molecule has 2 aromatic rings. The zero-order valence-electron chi connectivity index (χ0n) is 23.6. The van der Waals surface area contributed by atoms with Crippen LogP contribution in [-0.4, -0.2) is 74.3 Å². The van der Waals surface area contributed by atoms with Gasteiger partial charge in [0.15, 0.2) is 11.6 Å². The Morgan fingerprint density at radius 2 is 1.80 bits per heavy atom. The summed E-state index contributed by atoms with van der Waals surface area (Å²) in [5.74, 6) is -2.10. The number of alkyl carbamates (subject to hydrolysis) is 1. The number of imide groups is 1. The summed E-state index contributed by atoms with van der Waals surface area (Å²) >= 11 is 0. The maximum atomic E-state index is 16.0. The summed E-state index contributed by atoms with van der Waals surface area (Å²) in [5, 5.41) is 9.29. The van der Waals surface area contributed by atoms with E-state index in [9.17, 15) is 23.2 Å². The number of carbonyl (C=O) groups excluding carboxylic acids is 3. The molecule has 15 heteroatoms. The lowest BCUT2D eigenvalue weighted by molar-refractivity contribution is 0.0246. The van der Waals surface area contributed by atoms with Crippen LogP contribution in [0.25, 0.3) is 11.3 Å². The molecule has 224 valence electrons. The molecule has 4 heterocycles. The summed E-state index contributed by atoms with van der Waals surface area (Å²) in [7, 11) is 0. The van der Waals surface area contributed by atoms with E-state index in [0.717, 1.165) is 17.3 Å². The first-order valence-corrected chi connectivity index (χ1v) is 13.0. The molecule has 41 heavy (non-hydrogen) atoms. The van der Waals surface area contributed by atoms with E-state index < -0.39 is 60.3 Å². The summed E-state index contributed by atoms with van der Waals surface area (Å²) in [6.07, 6.45) is 0.704. The molecule has 2 aromatic heterocycles. The van der Waals surface area contributed by atoms with Crippen molar-refractivity contribution in [1.29, 1.82) is 0 Å². The number of aromatic nitrogens is 3. The van der Waals surface area contributed by atoms with Gasteiger partial charge < -0.3 is 24.8 Å². The minimum atomic E-state index is -2.97. The van der Waals surface area contributed by atoms with Crippen LogP contribution in [0.5, 0.6) is 0 Å². The van der Waals surface area contributed by atoms with Gasteiger partial charge in [-0.25, -0.2) is 28.5 Å². The average Bonchev–Trinajstić information content (AvgIpc) is 3.46. The van der Waals surface area contributed by atoms with E-state index in [1.54, 1.807) is 41.5 Å². The molecular weight excluding hydrogens is 549 g/mol. The Bertz CT molecular complexity index is 1340. The number of carbonyl (C=O) groups is 3. The molecule has 2 aliphatic heterocycles.